The lowest BCUT2D eigenvalue weighted by Gasteiger charge is -2.17. The summed E-state index contributed by atoms with van der Waals surface area (Å²) in [5.74, 6) is 1.34. The highest BCUT2D eigenvalue weighted by Gasteiger charge is 2.59. The molecule has 1 heterocycles. The molecule has 1 aromatic heterocycles. The third-order valence-electron chi connectivity index (χ3n) is 4.03. The van der Waals surface area contributed by atoms with Crippen molar-refractivity contribution >= 4 is 0 Å². The number of nitrogens with zero attached hydrogens (tertiary/aromatic N) is 1. The average molecular weight is 225 g/mol. The third-order valence-corrected chi connectivity index (χ3v) is 4.03. The minimum absolute atomic E-state index is 0.136. The molecule has 1 saturated carbocycles. The van der Waals surface area contributed by atoms with Crippen LogP contribution in [-0.4, -0.2) is 16.7 Å². The van der Waals surface area contributed by atoms with E-state index in [0.717, 1.165) is 19.3 Å². The van der Waals surface area contributed by atoms with E-state index in [1.165, 1.54) is 0 Å². The molecule has 16 heavy (non-hydrogen) atoms. The number of hydrogen-bond donors (Lipinski definition) is 2. The van der Waals surface area contributed by atoms with Gasteiger partial charge in [-0.25, -0.2) is 4.79 Å². The number of aromatic nitrogens is 2. The Kier molecular flexibility index (Phi) is 2.88. The maximum atomic E-state index is 11.0. The zero-order valence-electron chi connectivity index (χ0n) is 9.82. The summed E-state index contributed by atoms with van der Waals surface area (Å²) >= 11 is 0. The monoisotopic (exact) mass is 225 g/mol. The SMILES string of the molecule is CCC(CC)C1CC1(CN)c1noc(=O)[nH]1. The number of hydrogen-bond acceptors (Lipinski definition) is 4. The molecule has 1 aliphatic rings. The Bertz CT molecular complexity index is 407. The summed E-state index contributed by atoms with van der Waals surface area (Å²) in [7, 11) is 0. The maximum absolute atomic E-state index is 11.0. The molecule has 0 spiro atoms. The molecule has 1 aliphatic carbocycles. The average Bonchev–Trinajstić information content (AvgIpc) is 2.87. The molecule has 2 rings (SSSR count). The van der Waals surface area contributed by atoms with Crippen LogP contribution in [0.5, 0.6) is 0 Å². The van der Waals surface area contributed by atoms with Crippen LogP contribution < -0.4 is 11.5 Å². The predicted octanol–water partition coefficient (Wildman–Crippen LogP) is 1.02. The Morgan fingerprint density at radius 3 is 2.75 bits per heavy atom. The first-order chi connectivity index (χ1) is 7.67. The number of H-pyrrole nitrogens is 1. The minimum Gasteiger partial charge on any atom is -0.329 e. The van der Waals surface area contributed by atoms with Crippen molar-refractivity contribution in [3.8, 4) is 0 Å². The van der Waals surface area contributed by atoms with Gasteiger partial charge in [-0.05, 0) is 18.3 Å². The topological polar surface area (TPSA) is 84.9 Å². The molecule has 3 N–H and O–H groups in total. The van der Waals surface area contributed by atoms with Gasteiger partial charge in [0.15, 0.2) is 5.82 Å². The Labute approximate surface area is 94.4 Å². The Hall–Kier alpha value is -1.10. The fraction of sp³-hybridized carbons (Fsp3) is 0.818. The zero-order valence-corrected chi connectivity index (χ0v) is 9.82. The van der Waals surface area contributed by atoms with E-state index in [4.69, 9.17) is 5.73 Å². The molecule has 0 bridgehead atoms. The lowest BCUT2D eigenvalue weighted by atomic mass is 9.90. The van der Waals surface area contributed by atoms with Crippen LogP contribution in [-0.2, 0) is 5.41 Å². The predicted molar refractivity (Wildman–Crippen MR) is 60.0 cm³/mol. The van der Waals surface area contributed by atoms with Crippen molar-refractivity contribution in [2.45, 2.75) is 38.5 Å². The molecular weight excluding hydrogens is 206 g/mol. The molecule has 0 radical (unpaired) electrons. The molecule has 0 aliphatic heterocycles. The molecule has 90 valence electrons. The minimum atomic E-state index is -0.488. The van der Waals surface area contributed by atoms with Crippen molar-refractivity contribution in [2.24, 2.45) is 17.6 Å². The summed E-state index contributed by atoms with van der Waals surface area (Å²) < 4.78 is 4.57. The van der Waals surface area contributed by atoms with Crippen LogP contribution in [0.3, 0.4) is 0 Å². The van der Waals surface area contributed by atoms with Gasteiger partial charge in [-0.1, -0.05) is 31.8 Å². The van der Waals surface area contributed by atoms with Gasteiger partial charge in [0, 0.05) is 12.0 Å². The summed E-state index contributed by atoms with van der Waals surface area (Å²) in [4.78, 5) is 13.6. The number of nitrogens with two attached hydrogens (primary N) is 1. The molecule has 5 heteroatoms. The van der Waals surface area contributed by atoms with Crippen LogP contribution in [0.2, 0.25) is 0 Å². The van der Waals surface area contributed by atoms with Crippen LogP contribution in [0.15, 0.2) is 9.32 Å². The van der Waals surface area contributed by atoms with Crippen LogP contribution in [0.4, 0.5) is 0 Å². The van der Waals surface area contributed by atoms with E-state index in [2.05, 4.69) is 28.5 Å². The first-order valence-electron chi connectivity index (χ1n) is 5.94. The van der Waals surface area contributed by atoms with Crippen molar-refractivity contribution in [3.63, 3.8) is 0 Å². The van der Waals surface area contributed by atoms with Crippen LogP contribution in [0.25, 0.3) is 0 Å². The van der Waals surface area contributed by atoms with Gasteiger partial charge in [-0.3, -0.25) is 9.51 Å². The molecular formula is C11H19N3O2. The highest BCUT2D eigenvalue weighted by Crippen LogP contribution is 2.57. The summed E-state index contributed by atoms with van der Waals surface area (Å²) in [5, 5.41) is 3.80. The molecule has 1 fully saturated rings. The van der Waals surface area contributed by atoms with Crippen molar-refractivity contribution in [1.29, 1.82) is 0 Å². The van der Waals surface area contributed by atoms with Gasteiger partial charge in [0.2, 0.25) is 0 Å². The highest BCUT2D eigenvalue weighted by molar-refractivity contribution is 5.23. The molecule has 0 saturated heterocycles. The quantitative estimate of drug-likeness (QED) is 0.783. The molecule has 0 amide bonds. The lowest BCUT2D eigenvalue weighted by Crippen LogP contribution is -2.26. The zero-order chi connectivity index (χ0) is 11.8. The van der Waals surface area contributed by atoms with E-state index in [0.29, 0.717) is 24.2 Å². The van der Waals surface area contributed by atoms with E-state index in [-0.39, 0.29) is 5.41 Å². The molecule has 2 unspecified atom stereocenters. The summed E-state index contributed by atoms with van der Waals surface area (Å²) in [6, 6.07) is 0. The smallest absolute Gasteiger partial charge is 0.329 e. The summed E-state index contributed by atoms with van der Waals surface area (Å²) in [5.41, 5.74) is 5.71. The van der Waals surface area contributed by atoms with E-state index >= 15 is 0 Å². The van der Waals surface area contributed by atoms with E-state index in [1.807, 2.05) is 0 Å². The van der Waals surface area contributed by atoms with Crippen LogP contribution in [0.1, 0.15) is 38.9 Å². The van der Waals surface area contributed by atoms with Gasteiger partial charge in [-0.15, -0.1) is 0 Å². The van der Waals surface area contributed by atoms with Crippen molar-refractivity contribution in [1.82, 2.24) is 10.1 Å². The molecule has 0 aromatic carbocycles. The molecule has 5 nitrogen and oxygen atoms in total. The summed E-state index contributed by atoms with van der Waals surface area (Å²) in [6.45, 7) is 4.91. The van der Waals surface area contributed by atoms with E-state index in [1.54, 1.807) is 0 Å². The first kappa shape index (κ1) is 11.4. The number of aromatic amines is 1. The van der Waals surface area contributed by atoms with Gasteiger partial charge >= 0.3 is 5.76 Å². The Morgan fingerprint density at radius 2 is 2.31 bits per heavy atom. The Morgan fingerprint density at radius 1 is 1.62 bits per heavy atom. The van der Waals surface area contributed by atoms with Crippen molar-refractivity contribution in [3.05, 3.63) is 16.4 Å². The first-order valence-corrected chi connectivity index (χ1v) is 5.94. The number of nitrogens with one attached hydrogen (secondary N) is 1. The second-order valence-corrected chi connectivity index (χ2v) is 4.69. The second-order valence-electron chi connectivity index (χ2n) is 4.69. The largest absolute Gasteiger partial charge is 0.438 e. The number of rotatable bonds is 5. The van der Waals surface area contributed by atoms with Crippen molar-refractivity contribution < 1.29 is 4.52 Å². The normalized spacial score (nSPS) is 28.6. The summed E-state index contributed by atoms with van der Waals surface area (Å²) in [6.07, 6.45) is 3.30. The van der Waals surface area contributed by atoms with Crippen LogP contribution >= 0.6 is 0 Å². The van der Waals surface area contributed by atoms with Crippen LogP contribution in [0, 0.1) is 11.8 Å². The van der Waals surface area contributed by atoms with Gasteiger partial charge in [0.25, 0.3) is 0 Å². The second kappa shape index (κ2) is 4.05. The Balaban J connectivity index is 2.22. The maximum Gasteiger partial charge on any atom is 0.438 e. The lowest BCUT2D eigenvalue weighted by molar-refractivity contribution is 0.356. The van der Waals surface area contributed by atoms with E-state index in [9.17, 15) is 4.79 Å². The van der Waals surface area contributed by atoms with E-state index < -0.39 is 5.76 Å². The third kappa shape index (κ3) is 1.59. The highest BCUT2D eigenvalue weighted by atomic mass is 16.5. The van der Waals surface area contributed by atoms with Gasteiger partial charge in [0.1, 0.15) is 0 Å². The standard InChI is InChI=1S/C11H19N3O2/c1-3-7(4-2)8-5-11(8,6-12)9-13-10(15)16-14-9/h7-8H,3-6,12H2,1-2H3,(H,13,14,15). The van der Waals surface area contributed by atoms with Gasteiger partial charge in [-0.2, -0.15) is 0 Å². The fourth-order valence-corrected chi connectivity index (χ4v) is 2.86. The molecule has 2 atom stereocenters. The van der Waals surface area contributed by atoms with Crippen molar-refractivity contribution in [2.75, 3.05) is 6.54 Å². The van der Waals surface area contributed by atoms with Gasteiger partial charge in [0.05, 0.1) is 0 Å². The molecule has 1 aromatic rings. The fourth-order valence-electron chi connectivity index (χ4n) is 2.86. The van der Waals surface area contributed by atoms with Gasteiger partial charge < -0.3 is 5.73 Å².